The number of nitrogens with one attached hydrogen (secondary N) is 1. The maximum absolute atomic E-state index is 13.1. The topological polar surface area (TPSA) is 35.6 Å². The molecule has 2 aromatic rings. The normalized spacial score (nSPS) is 22.4. The Morgan fingerprint density at radius 2 is 1.92 bits per heavy atom. The van der Waals surface area contributed by atoms with Crippen LogP contribution in [0.2, 0.25) is 0 Å². The highest BCUT2D eigenvalue weighted by molar-refractivity contribution is 6.04. The average molecular weight is 335 g/mol. The zero-order chi connectivity index (χ0) is 17.6. The predicted octanol–water partition coefficient (Wildman–Crippen LogP) is 4.14. The van der Waals surface area contributed by atoms with Gasteiger partial charge in [-0.05, 0) is 63.2 Å². The summed E-state index contributed by atoms with van der Waals surface area (Å²) in [6.07, 6.45) is 1.01. The monoisotopic (exact) mass is 335 g/mol. The van der Waals surface area contributed by atoms with E-state index < -0.39 is 0 Å². The molecule has 2 atom stereocenters. The summed E-state index contributed by atoms with van der Waals surface area (Å²) in [7, 11) is 2.17. The molecule has 0 bridgehead atoms. The van der Waals surface area contributed by atoms with E-state index in [1.807, 2.05) is 36.1 Å². The van der Waals surface area contributed by atoms with Crippen molar-refractivity contribution < 1.29 is 4.79 Å². The minimum absolute atomic E-state index is 0.0206. The summed E-state index contributed by atoms with van der Waals surface area (Å²) in [5.74, 6) is 0.400. The zero-order valence-electron chi connectivity index (χ0n) is 15.1. The average Bonchev–Trinajstić information content (AvgIpc) is 2.88. The van der Waals surface area contributed by atoms with Gasteiger partial charge < -0.3 is 10.2 Å². The first kappa shape index (κ1) is 16.2. The van der Waals surface area contributed by atoms with Crippen LogP contribution in [-0.2, 0) is 0 Å². The maximum Gasteiger partial charge on any atom is 0.326 e. The number of benzene rings is 2. The Bertz CT molecular complexity index is 817. The highest BCUT2D eigenvalue weighted by Gasteiger charge is 2.43. The van der Waals surface area contributed by atoms with E-state index in [1.54, 1.807) is 0 Å². The molecule has 2 amide bonds. The lowest BCUT2D eigenvalue weighted by Crippen LogP contribution is -2.48. The number of piperidine rings is 1. The van der Waals surface area contributed by atoms with Crippen LogP contribution in [0.1, 0.15) is 29.0 Å². The van der Waals surface area contributed by atoms with Crippen molar-refractivity contribution in [3.05, 3.63) is 59.2 Å². The molecule has 4 heteroatoms. The number of likely N-dealkylation sites (N-methyl/N-ethyl adjacent to an activating group) is 1. The van der Waals surface area contributed by atoms with Crippen molar-refractivity contribution in [3.8, 4) is 0 Å². The van der Waals surface area contributed by atoms with Gasteiger partial charge in [-0.3, -0.25) is 4.90 Å². The van der Waals surface area contributed by atoms with Crippen LogP contribution in [0.3, 0.4) is 0 Å². The van der Waals surface area contributed by atoms with Crippen LogP contribution in [0.25, 0.3) is 0 Å². The van der Waals surface area contributed by atoms with E-state index >= 15 is 0 Å². The van der Waals surface area contributed by atoms with Crippen molar-refractivity contribution in [1.82, 2.24) is 4.90 Å². The third-order valence-electron chi connectivity index (χ3n) is 5.44. The van der Waals surface area contributed by atoms with E-state index in [1.165, 1.54) is 11.1 Å². The molecule has 1 fully saturated rings. The number of urea groups is 1. The molecule has 2 aliphatic rings. The molecule has 2 aromatic carbocycles. The van der Waals surface area contributed by atoms with E-state index in [0.717, 1.165) is 36.4 Å². The summed E-state index contributed by atoms with van der Waals surface area (Å²) in [4.78, 5) is 17.5. The summed E-state index contributed by atoms with van der Waals surface area (Å²) in [5, 5.41) is 3.10. The number of hydrogen-bond donors (Lipinski definition) is 1. The van der Waals surface area contributed by atoms with Crippen LogP contribution < -0.4 is 10.2 Å². The first-order chi connectivity index (χ1) is 12.0. The van der Waals surface area contributed by atoms with Gasteiger partial charge in [-0.1, -0.05) is 29.8 Å². The highest BCUT2D eigenvalue weighted by atomic mass is 16.2. The summed E-state index contributed by atoms with van der Waals surface area (Å²) in [5.41, 5.74) is 5.64. The second kappa shape index (κ2) is 6.19. The second-order valence-corrected chi connectivity index (χ2v) is 7.46. The van der Waals surface area contributed by atoms with Crippen LogP contribution in [-0.4, -0.2) is 37.1 Å². The highest BCUT2D eigenvalue weighted by Crippen LogP contribution is 2.45. The third-order valence-corrected chi connectivity index (χ3v) is 5.44. The minimum Gasteiger partial charge on any atom is -0.308 e. The minimum atomic E-state index is -0.0206. The SMILES string of the molecule is Cc1cccc(NC(=O)N2c3ccc(C)cc3[C@H]3CN(C)CC[C@@H]32)c1. The third kappa shape index (κ3) is 2.91. The van der Waals surface area contributed by atoms with Gasteiger partial charge in [-0.2, -0.15) is 0 Å². The lowest BCUT2D eigenvalue weighted by molar-refractivity contribution is 0.224. The van der Waals surface area contributed by atoms with E-state index in [9.17, 15) is 4.79 Å². The van der Waals surface area contributed by atoms with Crippen LogP contribution >= 0.6 is 0 Å². The predicted molar refractivity (Wildman–Crippen MR) is 102 cm³/mol. The number of carbonyl (C=O) groups is 1. The van der Waals surface area contributed by atoms with Gasteiger partial charge in [0.25, 0.3) is 0 Å². The molecule has 1 N–H and O–H groups in total. The van der Waals surface area contributed by atoms with Crippen LogP contribution in [0, 0.1) is 13.8 Å². The van der Waals surface area contributed by atoms with Crippen LogP contribution in [0.4, 0.5) is 16.2 Å². The summed E-state index contributed by atoms with van der Waals surface area (Å²) >= 11 is 0. The van der Waals surface area contributed by atoms with E-state index in [-0.39, 0.29) is 12.1 Å². The molecular formula is C21H25N3O. The first-order valence-corrected chi connectivity index (χ1v) is 8.99. The maximum atomic E-state index is 13.1. The number of fused-ring (bicyclic) bond motifs is 3. The second-order valence-electron chi connectivity index (χ2n) is 7.46. The molecule has 0 aliphatic carbocycles. The van der Waals surface area contributed by atoms with Gasteiger partial charge in [-0.25, -0.2) is 4.79 Å². The molecule has 0 unspecified atom stereocenters. The first-order valence-electron chi connectivity index (χ1n) is 8.99. The quantitative estimate of drug-likeness (QED) is 0.850. The Morgan fingerprint density at radius 3 is 2.72 bits per heavy atom. The van der Waals surface area contributed by atoms with E-state index in [2.05, 4.69) is 42.4 Å². The molecule has 25 heavy (non-hydrogen) atoms. The van der Waals surface area contributed by atoms with E-state index in [4.69, 9.17) is 0 Å². The number of anilines is 2. The smallest absolute Gasteiger partial charge is 0.308 e. The molecule has 0 radical (unpaired) electrons. The number of carbonyl (C=O) groups excluding carboxylic acids is 1. The number of aryl methyl sites for hydroxylation is 2. The number of amides is 2. The molecule has 130 valence electrons. The number of hydrogen-bond acceptors (Lipinski definition) is 2. The van der Waals surface area contributed by atoms with Crippen LogP contribution in [0.15, 0.2) is 42.5 Å². The van der Waals surface area contributed by atoms with Gasteiger partial charge >= 0.3 is 6.03 Å². The Balaban J connectivity index is 1.67. The molecular weight excluding hydrogens is 310 g/mol. The van der Waals surface area contributed by atoms with Crippen molar-refractivity contribution in [2.45, 2.75) is 32.2 Å². The molecule has 4 rings (SSSR count). The fourth-order valence-electron chi connectivity index (χ4n) is 4.25. The number of rotatable bonds is 1. The van der Waals surface area contributed by atoms with E-state index in [0.29, 0.717) is 5.92 Å². The molecule has 0 spiro atoms. The summed E-state index contributed by atoms with van der Waals surface area (Å²) < 4.78 is 0. The van der Waals surface area contributed by atoms with Crippen LogP contribution in [0.5, 0.6) is 0 Å². The van der Waals surface area contributed by atoms with Gasteiger partial charge in [0, 0.05) is 29.9 Å². The van der Waals surface area contributed by atoms with Crippen molar-refractivity contribution >= 4 is 17.4 Å². The summed E-state index contributed by atoms with van der Waals surface area (Å²) in [6.45, 7) is 6.20. The zero-order valence-corrected chi connectivity index (χ0v) is 15.1. The Morgan fingerprint density at radius 1 is 1.12 bits per heavy atom. The largest absolute Gasteiger partial charge is 0.326 e. The van der Waals surface area contributed by atoms with Crippen molar-refractivity contribution in [2.75, 3.05) is 30.4 Å². The molecule has 1 saturated heterocycles. The number of nitrogens with zero attached hydrogens (tertiary/aromatic N) is 2. The Labute approximate surface area is 149 Å². The van der Waals surface area contributed by atoms with Gasteiger partial charge in [-0.15, -0.1) is 0 Å². The standard InChI is InChI=1S/C21H25N3O/c1-14-5-4-6-16(11-14)22-21(25)24-19-8-7-15(2)12-17(19)18-13-23(3)10-9-20(18)24/h4-8,11-12,18,20H,9-10,13H2,1-3H3,(H,22,25)/t18-,20+/m1/s1. The molecule has 0 aromatic heterocycles. The molecule has 0 saturated carbocycles. The number of likely N-dealkylation sites (tertiary alicyclic amines) is 1. The Hall–Kier alpha value is -2.33. The summed E-state index contributed by atoms with van der Waals surface area (Å²) in [6, 6.07) is 14.7. The molecule has 2 aliphatic heterocycles. The fraction of sp³-hybridized carbons (Fsp3) is 0.381. The lowest BCUT2D eigenvalue weighted by atomic mass is 9.89. The van der Waals surface area contributed by atoms with Crippen molar-refractivity contribution in [1.29, 1.82) is 0 Å². The lowest BCUT2D eigenvalue weighted by Gasteiger charge is -2.36. The Kier molecular flexibility index (Phi) is 4.00. The fourth-order valence-corrected chi connectivity index (χ4v) is 4.25. The molecule has 4 nitrogen and oxygen atoms in total. The van der Waals surface area contributed by atoms with Crippen molar-refractivity contribution in [3.63, 3.8) is 0 Å². The molecule has 2 heterocycles. The van der Waals surface area contributed by atoms with Gasteiger partial charge in [0.05, 0.1) is 0 Å². The van der Waals surface area contributed by atoms with Gasteiger partial charge in [0.1, 0.15) is 0 Å². The van der Waals surface area contributed by atoms with Crippen molar-refractivity contribution in [2.24, 2.45) is 0 Å². The van der Waals surface area contributed by atoms with Gasteiger partial charge in [0.2, 0.25) is 0 Å². The van der Waals surface area contributed by atoms with Gasteiger partial charge in [0.15, 0.2) is 0 Å².